The highest BCUT2D eigenvalue weighted by Gasteiger charge is 2.62. The number of para-hydroxylation sites is 1. The van der Waals surface area contributed by atoms with Crippen LogP contribution in [0.5, 0.6) is 5.75 Å². The first-order chi connectivity index (χ1) is 10.3. The van der Waals surface area contributed by atoms with Crippen LogP contribution in [0.4, 0.5) is 0 Å². The first-order valence-electron chi connectivity index (χ1n) is 7.09. The zero-order chi connectivity index (χ0) is 16.1. The Labute approximate surface area is 127 Å². The van der Waals surface area contributed by atoms with Gasteiger partial charge in [-0.15, -0.1) is 0 Å². The van der Waals surface area contributed by atoms with E-state index in [2.05, 4.69) is 0 Å². The molecule has 1 aromatic rings. The molecular weight excluding hydrogens is 288 g/mol. The van der Waals surface area contributed by atoms with Crippen LogP contribution in [0.3, 0.4) is 0 Å². The zero-order valence-electron chi connectivity index (χ0n) is 12.5. The molecule has 2 aliphatic rings. The molecule has 1 fully saturated rings. The van der Waals surface area contributed by atoms with Gasteiger partial charge in [-0.1, -0.05) is 25.1 Å². The van der Waals surface area contributed by atoms with E-state index in [0.717, 1.165) is 0 Å². The van der Waals surface area contributed by atoms with Crippen molar-refractivity contribution in [1.29, 1.82) is 0 Å². The third kappa shape index (κ3) is 1.83. The highest BCUT2D eigenvalue weighted by atomic mass is 16.7. The van der Waals surface area contributed by atoms with Crippen molar-refractivity contribution in [3.63, 3.8) is 0 Å². The molecule has 1 aromatic carbocycles. The van der Waals surface area contributed by atoms with E-state index in [1.54, 1.807) is 31.2 Å². The van der Waals surface area contributed by atoms with Crippen LogP contribution in [0, 0.1) is 5.92 Å². The quantitative estimate of drug-likeness (QED) is 0.470. The lowest BCUT2D eigenvalue weighted by Gasteiger charge is -2.38. The summed E-state index contributed by atoms with van der Waals surface area (Å²) in [5, 5.41) is 0. The molecule has 0 spiro atoms. The van der Waals surface area contributed by atoms with Crippen molar-refractivity contribution < 1.29 is 28.6 Å². The summed E-state index contributed by atoms with van der Waals surface area (Å²) >= 11 is 0. The molecule has 0 N–H and O–H groups in total. The number of esters is 3. The molecule has 2 aliphatic heterocycles. The van der Waals surface area contributed by atoms with Gasteiger partial charge in [-0.05, 0) is 12.5 Å². The maximum absolute atomic E-state index is 12.5. The molecule has 0 aromatic heterocycles. The second-order valence-electron chi connectivity index (χ2n) is 5.89. The van der Waals surface area contributed by atoms with Crippen LogP contribution in [-0.2, 0) is 29.3 Å². The predicted molar refractivity (Wildman–Crippen MR) is 73.8 cm³/mol. The van der Waals surface area contributed by atoms with Gasteiger partial charge in [0, 0.05) is 19.4 Å². The molecule has 2 heterocycles. The van der Waals surface area contributed by atoms with Crippen LogP contribution in [0.15, 0.2) is 24.3 Å². The molecule has 6 nitrogen and oxygen atoms in total. The topological polar surface area (TPSA) is 78.9 Å². The van der Waals surface area contributed by atoms with E-state index in [1.807, 2.05) is 0 Å². The Bertz CT molecular complexity index is 657. The van der Waals surface area contributed by atoms with Crippen LogP contribution in [-0.4, -0.2) is 23.7 Å². The normalized spacial score (nSPS) is 27.0. The number of carbonyl (C=O) groups is 3. The number of hydrogen-bond acceptors (Lipinski definition) is 6. The molecular formula is C16H16O6. The van der Waals surface area contributed by atoms with Gasteiger partial charge >= 0.3 is 17.9 Å². The smallest absolute Gasteiger partial charge is 0.325 e. The van der Waals surface area contributed by atoms with E-state index < -0.39 is 35.0 Å². The molecule has 0 unspecified atom stereocenters. The van der Waals surface area contributed by atoms with Crippen molar-refractivity contribution in [3.05, 3.63) is 29.8 Å². The summed E-state index contributed by atoms with van der Waals surface area (Å²) in [6.45, 7) is 4.67. The van der Waals surface area contributed by atoms with Crippen LogP contribution < -0.4 is 4.74 Å². The molecule has 0 bridgehead atoms. The van der Waals surface area contributed by atoms with Gasteiger partial charge in [-0.25, -0.2) is 0 Å². The van der Waals surface area contributed by atoms with E-state index in [4.69, 9.17) is 14.2 Å². The Hall–Kier alpha value is -2.37. The largest absolute Gasteiger partial charge is 0.426 e. The molecule has 0 aliphatic carbocycles. The van der Waals surface area contributed by atoms with Crippen molar-refractivity contribution >= 4 is 17.9 Å². The summed E-state index contributed by atoms with van der Waals surface area (Å²) in [5.74, 6) is -4.49. The molecule has 116 valence electrons. The number of carbonyl (C=O) groups excluding carboxylic acids is 3. The lowest BCUT2D eigenvalue weighted by atomic mass is 9.68. The van der Waals surface area contributed by atoms with Gasteiger partial charge in [0.1, 0.15) is 11.2 Å². The van der Waals surface area contributed by atoms with Crippen molar-refractivity contribution in [2.45, 2.75) is 38.4 Å². The molecule has 0 saturated carbocycles. The summed E-state index contributed by atoms with van der Waals surface area (Å²) in [4.78, 5) is 37.3. The molecule has 0 amide bonds. The summed E-state index contributed by atoms with van der Waals surface area (Å²) < 4.78 is 15.6. The fraction of sp³-hybridized carbons (Fsp3) is 0.438. The summed E-state index contributed by atoms with van der Waals surface area (Å²) in [7, 11) is 0. The van der Waals surface area contributed by atoms with Crippen molar-refractivity contribution in [3.8, 4) is 5.75 Å². The Kier molecular flexibility index (Phi) is 3.02. The maximum atomic E-state index is 12.5. The molecule has 22 heavy (non-hydrogen) atoms. The second-order valence-corrected chi connectivity index (χ2v) is 5.89. The number of ether oxygens (including phenoxy) is 3. The molecule has 3 rings (SSSR count). The lowest BCUT2D eigenvalue weighted by molar-refractivity contribution is -0.244. The highest BCUT2D eigenvalue weighted by molar-refractivity contribution is 6.06. The highest BCUT2D eigenvalue weighted by Crippen LogP contribution is 2.49. The van der Waals surface area contributed by atoms with Gasteiger partial charge in [-0.3, -0.25) is 14.4 Å². The van der Waals surface area contributed by atoms with Crippen molar-refractivity contribution in [1.82, 2.24) is 0 Å². The van der Waals surface area contributed by atoms with Gasteiger partial charge in [0.05, 0.1) is 0 Å². The SMILES string of the molecule is CC[C@@]1(C2C(=O)OC(C)(C)OC2=O)C(=O)Oc2ccccc21. The van der Waals surface area contributed by atoms with Gasteiger partial charge in [-0.2, -0.15) is 0 Å². The second kappa shape index (κ2) is 4.56. The first kappa shape index (κ1) is 14.6. The minimum Gasteiger partial charge on any atom is -0.426 e. The number of hydrogen-bond donors (Lipinski definition) is 0. The van der Waals surface area contributed by atoms with Crippen LogP contribution in [0.25, 0.3) is 0 Å². The van der Waals surface area contributed by atoms with Crippen LogP contribution in [0.2, 0.25) is 0 Å². The maximum Gasteiger partial charge on any atom is 0.325 e. The average Bonchev–Trinajstić information content (AvgIpc) is 2.70. The molecule has 6 heteroatoms. The Morgan fingerprint density at radius 2 is 1.64 bits per heavy atom. The Balaban J connectivity index is 2.14. The average molecular weight is 304 g/mol. The van der Waals surface area contributed by atoms with Gasteiger partial charge < -0.3 is 14.2 Å². The van der Waals surface area contributed by atoms with Crippen LogP contribution >= 0.6 is 0 Å². The molecule has 1 saturated heterocycles. The van der Waals surface area contributed by atoms with E-state index in [0.29, 0.717) is 11.3 Å². The van der Waals surface area contributed by atoms with Crippen molar-refractivity contribution in [2.24, 2.45) is 5.92 Å². The minimum atomic E-state index is -1.40. The van der Waals surface area contributed by atoms with Crippen LogP contribution in [0.1, 0.15) is 32.8 Å². The van der Waals surface area contributed by atoms with Gasteiger partial charge in [0.25, 0.3) is 5.79 Å². The summed E-state index contributed by atoms with van der Waals surface area (Å²) in [6, 6.07) is 6.77. The number of benzene rings is 1. The fourth-order valence-corrected chi connectivity index (χ4v) is 3.16. The third-order valence-corrected chi connectivity index (χ3v) is 4.15. The predicted octanol–water partition coefficient (Wildman–Crippen LogP) is 1.71. The van der Waals surface area contributed by atoms with E-state index in [1.165, 1.54) is 13.8 Å². The fourth-order valence-electron chi connectivity index (χ4n) is 3.16. The van der Waals surface area contributed by atoms with Gasteiger partial charge in [0.2, 0.25) is 0 Å². The molecule has 0 radical (unpaired) electrons. The van der Waals surface area contributed by atoms with E-state index in [-0.39, 0.29) is 6.42 Å². The van der Waals surface area contributed by atoms with Crippen molar-refractivity contribution in [2.75, 3.05) is 0 Å². The minimum absolute atomic E-state index is 0.220. The summed E-state index contributed by atoms with van der Waals surface area (Å²) in [5.41, 5.74) is -0.887. The Morgan fingerprint density at radius 3 is 2.23 bits per heavy atom. The lowest BCUT2D eigenvalue weighted by Crippen LogP contribution is -2.56. The number of rotatable bonds is 2. The number of fused-ring (bicyclic) bond motifs is 1. The zero-order valence-corrected chi connectivity index (χ0v) is 12.5. The third-order valence-electron chi connectivity index (χ3n) is 4.15. The van der Waals surface area contributed by atoms with E-state index in [9.17, 15) is 14.4 Å². The molecule has 1 atom stereocenters. The Morgan fingerprint density at radius 1 is 1.05 bits per heavy atom. The first-order valence-corrected chi connectivity index (χ1v) is 7.09. The monoisotopic (exact) mass is 304 g/mol. The van der Waals surface area contributed by atoms with E-state index >= 15 is 0 Å². The van der Waals surface area contributed by atoms with Gasteiger partial charge in [0.15, 0.2) is 5.92 Å². The standard InChI is InChI=1S/C16H16O6/c1-4-16(9-7-5-6-8-10(9)20-14(16)19)11-12(17)21-15(2,3)22-13(11)18/h5-8,11H,4H2,1-3H3/t16-/m1/s1. The number of cyclic esters (lactones) is 2. The summed E-state index contributed by atoms with van der Waals surface area (Å²) in [6.07, 6.45) is 0.220.